The van der Waals surface area contributed by atoms with E-state index in [4.69, 9.17) is 4.74 Å². The fourth-order valence-corrected chi connectivity index (χ4v) is 1.96. The van der Waals surface area contributed by atoms with Crippen LogP contribution in [-0.2, 0) is 19.1 Å². The molecule has 0 radical (unpaired) electrons. The lowest BCUT2D eigenvalue weighted by atomic mass is 10.2. The third kappa shape index (κ3) is 3.31. The quantitative estimate of drug-likeness (QED) is 0.795. The van der Waals surface area contributed by atoms with E-state index in [1.165, 1.54) is 12.0 Å². The second-order valence-corrected chi connectivity index (χ2v) is 4.51. The number of ether oxygens (including phenoxy) is 2. The molecule has 1 atom stereocenters. The largest absolute Gasteiger partial charge is 0.479 e. The molecular weight excluding hydrogens is 276 g/mol. The standard InChI is InChI=1S/C14H16N2O5/c1-9-14(19)16(8-12(17)15-7-13(18)20-2)10-5-3-4-6-11(10)21-9/h3-6,9H,7-8H2,1-2H3,(H,15,17). The van der Waals surface area contributed by atoms with Crippen molar-refractivity contribution in [3.8, 4) is 5.75 Å². The van der Waals surface area contributed by atoms with Crippen molar-refractivity contribution < 1.29 is 23.9 Å². The van der Waals surface area contributed by atoms with E-state index in [-0.39, 0.29) is 19.0 Å². The number of esters is 1. The summed E-state index contributed by atoms with van der Waals surface area (Å²) in [5.74, 6) is -0.754. The smallest absolute Gasteiger partial charge is 0.325 e. The van der Waals surface area contributed by atoms with Crippen LogP contribution in [0.2, 0.25) is 0 Å². The third-order valence-electron chi connectivity index (χ3n) is 3.03. The van der Waals surface area contributed by atoms with Crippen LogP contribution in [-0.4, -0.2) is 44.1 Å². The van der Waals surface area contributed by atoms with E-state index in [2.05, 4.69) is 10.1 Å². The molecule has 0 bridgehead atoms. The highest BCUT2D eigenvalue weighted by Crippen LogP contribution is 2.33. The molecular formula is C14H16N2O5. The minimum Gasteiger partial charge on any atom is -0.479 e. The molecule has 0 saturated heterocycles. The molecule has 7 nitrogen and oxygen atoms in total. The van der Waals surface area contributed by atoms with E-state index in [0.29, 0.717) is 11.4 Å². The molecule has 1 aliphatic rings. The zero-order valence-electron chi connectivity index (χ0n) is 11.8. The normalized spacial score (nSPS) is 16.8. The lowest BCUT2D eigenvalue weighted by molar-refractivity contribution is -0.141. The van der Waals surface area contributed by atoms with Gasteiger partial charge in [-0.2, -0.15) is 0 Å². The second kappa shape index (κ2) is 6.25. The Bertz CT molecular complexity index is 572. The van der Waals surface area contributed by atoms with Gasteiger partial charge in [-0.3, -0.25) is 19.3 Å². The van der Waals surface area contributed by atoms with Crippen LogP contribution in [0.4, 0.5) is 5.69 Å². The van der Waals surface area contributed by atoms with Crippen molar-refractivity contribution >= 4 is 23.5 Å². The lowest BCUT2D eigenvalue weighted by Crippen LogP contribution is -2.49. The minimum absolute atomic E-state index is 0.180. The Balaban J connectivity index is 2.09. The molecule has 0 spiro atoms. The number of carbonyl (C=O) groups excluding carboxylic acids is 3. The summed E-state index contributed by atoms with van der Waals surface area (Å²) in [6.45, 7) is 1.21. The first-order valence-corrected chi connectivity index (χ1v) is 6.43. The van der Waals surface area contributed by atoms with E-state index in [9.17, 15) is 14.4 Å². The molecule has 1 aromatic rings. The number of carbonyl (C=O) groups is 3. The van der Waals surface area contributed by atoms with Gasteiger partial charge in [0.1, 0.15) is 18.8 Å². The molecule has 0 fully saturated rings. The van der Waals surface area contributed by atoms with Crippen LogP contribution in [0.15, 0.2) is 24.3 Å². The summed E-state index contributed by atoms with van der Waals surface area (Å²) in [5, 5.41) is 2.40. The van der Waals surface area contributed by atoms with Crippen molar-refractivity contribution in [3.05, 3.63) is 24.3 Å². The van der Waals surface area contributed by atoms with E-state index in [1.54, 1.807) is 31.2 Å². The summed E-state index contributed by atoms with van der Waals surface area (Å²) in [6, 6.07) is 6.98. The first-order valence-electron chi connectivity index (χ1n) is 6.43. The van der Waals surface area contributed by atoms with E-state index >= 15 is 0 Å². The summed E-state index contributed by atoms with van der Waals surface area (Å²) in [7, 11) is 1.23. The van der Waals surface area contributed by atoms with E-state index < -0.39 is 18.0 Å². The average molecular weight is 292 g/mol. The first kappa shape index (κ1) is 14.8. The number of nitrogens with zero attached hydrogens (tertiary/aromatic N) is 1. The third-order valence-corrected chi connectivity index (χ3v) is 3.03. The van der Waals surface area contributed by atoms with Gasteiger partial charge in [0.05, 0.1) is 12.8 Å². The fraction of sp³-hybridized carbons (Fsp3) is 0.357. The summed E-state index contributed by atoms with van der Waals surface area (Å²) in [6.07, 6.45) is -0.659. The summed E-state index contributed by atoms with van der Waals surface area (Å²) < 4.78 is 9.91. The number of amides is 2. The zero-order chi connectivity index (χ0) is 15.4. The highest BCUT2D eigenvalue weighted by atomic mass is 16.5. The van der Waals surface area contributed by atoms with Gasteiger partial charge >= 0.3 is 5.97 Å². The predicted molar refractivity (Wildman–Crippen MR) is 73.9 cm³/mol. The molecule has 7 heteroatoms. The molecule has 2 rings (SSSR count). The molecule has 1 aromatic carbocycles. The SMILES string of the molecule is COC(=O)CNC(=O)CN1C(=O)C(C)Oc2ccccc21. The Kier molecular flexibility index (Phi) is 4.42. The van der Waals surface area contributed by atoms with Crippen molar-refractivity contribution in [1.82, 2.24) is 5.32 Å². The van der Waals surface area contributed by atoms with E-state index in [0.717, 1.165) is 0 Å². The Labute approximate surface area is 121 Å². The van der Waals surface area contributed by atoms with Crippen molar-refractivity contribution in [3.63, 3.8) is 0 Å². The number of rotatable bonds is 4. The van der Waals surface area contributed by atoms with Gasteiger partial charge in [-0.15, -0.1) is 0 Å². The van der Waals surface area contributed by atoms with Gasteiger partial charge in [0, 0.05) is 0 Å². The van der Waals surface area contributed by atoms with E-state index in [1.807, 2.05) is 0 Å². The van der Waals surface area contributed by atoms with Gasteiger partial charge in [0.25, 0.3) is 5.91 Å². The number of anilines is 1. The van der Waals surface area contributed by atoms with Crippen LogP contribution in [0.25, 0.3) is 0 Å². The van der Waals surface area contributed by atoms with Crippen molar-refractivity contribution in [2.45, 2.75) is 13.0 Å². The van der Waals surface area contributed by atoms with Crippen molar-refractivity contribution in [1.29, 1.82) is 0 Å². The number of hydrogen-bond donors (Lipinski definition) is 1. The van der Waals surface area contributed by atoms with Gasteiger partial charge in [0.2, 0.25) is 5.91 Å². The van der Waals surface area contributed by atoms with Crippen LogP contribution in [0.5, 0.6) is 5.75 Å². The van der Waals surface area contributed by atoms with Crippen LogP contribution < -0.4 is 15.0 Å². The fourth-order valence-electron chi connectivity index (χ4n) is 1.96. The topological polar surface area (TPSA) is 84.9 Å². The summed E-state index contributed by atoms with van der Waals surface area (Å²) in [5.41, 5.74) is 0.536. The highest BCUT2D eigenvalue weighted by Gasteiger charge is 2.32. The van der Waals surface area contributed by atoms with Crippen molar-refractivity contribution in [2.75, 3.05) is 25.1 Å². The Morgan fingerprint density at radius 2 is 2.10 bits per heavy atom. The first-order chi connectivity index (χ1) is 10.0. The van der Waals surface area contributed by atoms with Crippen LogP contribution in [0, 0.1) is 0 Å². The lowest BCUT2D eigenvalue weighted by Gasteiger charge is -2.32. The molecule has 0 aliphatic carbocycles. The molecule has 1 N–H and O–H groups in total. The maximum atomic E-state index is 12.1. The second-order valence-electron chi connectivity index (χ2n) is 4.51. The molecule has 1 heterocycles. The summed E-state index contributed by atoms with van der Waals surface area (Å²) >= 11 is 0. The Morgan fingerprint density at radius 1 is 1.38 bits per heavy atom. The maximum Gasteiger partial charge on any atom is 0.325 e. The van der Waals surface area contributed by atoms with Crippen LogP contribution >= 0.6 is 0 Å². The van der Waals surface area contributed by atoms with Gasteiger partial charge in [-0.1, -0.05) is 12.1 Å². The molecule has 0 saturated carbocycles. The molecule has 2 amide bonds. The van der Waals surface area contributed by atoms with Crippen molar-refractivity contribution in [2.24, 2.45) is 0 Å². The number of hydrogen-bond acceptors (Lipinski definition) is 5. The van der Waals surface area contributed by atoms with Crippen LogP contribution in [0.3, 0.4) is 0 Å². The monoisotopic (exact) mass is 292 g/mol. The van der Waals surface area contributed by atoms with Gasteiger partial charge in [-0.05, 0) is 19.1 Å². The maximum absolute atomic E-state index is 12.1. The molecule has 21 heavy (non-hydrogen) atoms. The van der Waals surface area contributed by atoms with Crippen LogP contribution in [0.1, 0.15) is 6.92 Å². The van der Waals surface area contributed by atoms with Gasteiger partial charge < -0.3 is 14.8 Å². The Morgan fingerprint density at radius 3 is 2.81 bits per heavy atom. The van der Waals surface area contributed by atoms with Gasteiger partial charge in [-0.25, -0.2) is 0 Å². The molecule has 1 aliphatic heterocycles. The summed E-state index contributed by atoms with van der Waals surface area (Å²) in [4.78, 5) is 36.3. The number of methoxy groups -OCH3 is 1. The number of benzene rings is 1. The highest BCUT2D eigenvalue weighted by molar-refractivity contribution is 6.03. The molecule has 1 unspecified atom stereocenters. The average Bonchev–Trinajstić information content (AvgIpc) is 2.49. The zero-order valence-corrected chi connectivity index (χ0v) is 11.8. The minimum atomic E-state index is -0.659. The molecule has 0 aromatic heterocycles. The number of para-hydroxylation sites is 2. The molecule has 112 valence electrons. The predicted octanol–water partition coefficient (Wildman–Crippen LogP) is 0.0897. The number of fused-ring (bicyclic) bond motifs is 1. The Hall–Kier alpha value is -2.57. The van der Waals surface area contributed by atoms with Gasteiger partial charge in [0.15, 0.2) is 6.10 Å². The number of nitrogens with one attached hydrogen (secondary N) is 1.